The van der Waals surface area contributed by atoms with Crippen LogP contribution in [0.5, 0.6) is 0 Å². The third-order valence-corrected chi connectivity index (χ3v) is 4.81. The maximum absolute atomic E-state index is 12.1. The fourth-order valence-corrected chi connectivity index (χ4v) is 4.15. The molecule has 1 aliphatic heterocycles. The van der Waals surface area contributed by atoms with E-state index in [4.69, 9.17) is 0 Å². The first kappa shape index (κ1) is 17.9. The highest BCUT2D eigenvalue weighted by Crippen LogP contribution is 2.28. The summed E-state index contributed by atoms with van der Waals surface area (Å²) in [7, 11) is 0. The van der Waals surface area contributed by atoms with Crippen LogP contribution in [0.15, 0.2) is 17.5 Å². The largest absolute Gasteiger partial charge is 0.353 e. The molecule has 23 heavy (non-hydrogen) atoms. The van der Waals surface area contributed by atoms with E-state index in [1.54, 1.807) is 6.07 Å². The molecule has 3 N–H and O–H groups in total. The van der Waals surface area contributed by atoms with E-state index in [0.717, 1.165) is 12.8 Å². The first-order valence-corrected chi connectivity index (χ1v) is 8.95. The number of carbonyl (C=O) groups is 2. The van der Waals surface area contributed by atoms with Crippen molar-refractivity contribution in [3.8, 4) is 0 Å². The topological polar surface area (TPSA) is 70.2 Å². The second kappa shape index (κ2) is 7.01. The van der Waals surface area contributed by atoms with Gasteiger partial charge in [-0.25, -0.2) is 0 Å². The molecule has 0 atom stereocenters. The van der Waals surface area contributed by atoms with Gasteiger partial charge in [0.2, 0.25) is 5.91 Å². The highest BCUT2D eigenvalue weighted by Gasteiger charge is 2.38. The van der Waals surface area contributed by atoms with Gasteiger partial charge in [0, 0.05) is 30.1 Å². The molecule has 0 radical (unpaired) electrons. The summed E-state index contributed by atoms with van der Waals surface area (Å²) in [6.07, 6.45) is 2.12. The zero-order valence-electron chi connectivity index (χ0n) is 14.4. The van der Waals surface area contributed by atoms with E-state index >= 15 is 0 Å². The minimum Gasteiger partial charge on any atom is -0.353 e. The van der Waals surface area contributed by atoms with Crippen molar-refractivity contribution in [3.05, 3.63) is 22.4 Å². The summed E-state index contributed by atoms with van der Waals surface area (Å²) in [5.41, 5.74) is 0.0141. The van der Waals surface area contributed by atoms with Gasteiger partial charge in [-0.3, -0.25) is 9.59 Å². The lowest BCUT2D eigenvalue weighted by Gasteiger charge is -2.46. The molecule has 128 valence electrons. The predicted molar refractivity (Wildman–Crippen MR) is 93.7 cm³/mol. The molecule has 6 heteroatoms. The molecule has 2 rings (SSSR count). The number of amides is 2. The second-order valence-electron chi connectivity index (χ2n) is 7.55. The van der Waals surface area contributed by atoms with E-state index in [9.17, 15) is 9.59 Å². The lowest BCUT2D eigenvalue weighted by atomic mass is 9.79. The molecule has 0 spiro atoms. The van der Waals surface area contributed by atoms with Crippen molar-refractivity contribution in [2.75, 3.05) is 6.54 Å². The predicted octanol–water partition coefficient (Wildman–Crippen LogP) is 2.29. The van der Waals surface area contributed by atoms with Crippen molar-refractivity contribution >= 4 is 23.2 Å². The molecule has 1 fully saturated rings. The summed E-state index contributed by atoms with van der Waals surface area (Å²) in [6.45, 7) is 9.01. The Morgan fingerprint density at radius 1 is 1.26 bits per heavy atom. The smallest absolute Gasteiger partial charge is 0.261 e. The Kier molecular flexibility index (Phi) is 5.47. The number of hydrogen-bond donors (Lipinski definition) is 3. The number of hydrogen-bond acceptors (Lipinski definition) is 4. The Bertz CT molecular complexity index is 536. The lowest BCUT2D eigenvalue weighted by molar-refractivity contribution is -0.122. The summed E-state index contributed by atoms with van der Waals surface area (Å²) < 4.78 is 0. The van der Waals surface area contributed by atoms with Gasteiger partial charge in [-0.1, -0.05) is 6.07 Å². The zero-order chi connectivity index (χ0) is 17.1. The van der Waals surface area contributed by atoms with E-state index in [1.165, 1.54) is 11.3 Å². The summed E-state index contributed by atoms with van der Waals surface area (Å²) in [6, 6.07) is 3.79. The third kappa shape index (κ3) is 5.62. The van der Waals surface area contributed by atoms with Crippen molar-refractivity contribution < 1.29 is 9.59 Å². The van der Waals surface area contributed by atoms with Crippen LogP contribution >= 0.6 is 11.3 Å². The van der Waals surface area contributed by atoms with Gasteiger partial charge in [0.05, 0.1) is 4.88 Å². The van der Waals surface area contributed by atoms with E-state index < -0.39 is 0 Å². The van der Waals surface area contributed by atoms with Crippen LogP contribution in [-0.4, -0.2) is 35.5 Å². The number of carbonyl (C=O) groups excluding carboxylic acids is 2. The highest BCUT2D eigenvalue weighted by atomic mass is 32.1. The Labute approximate surface area is 142 Å². The van der Waals surface area contributed by atoms with Gasteiger partial charge < -0.3 is 16.0 Å². The maximum Gasteiger partial charge on any atom is 0.261 e. The van der Waals surface area contributed by atoms with Crippen LogP contribution in [0.4, 0.5) is 0 Å². The Morgan fingerprint density at radius 2 is 1.91 bits per heavy atom. The van der Waals surface area contributed by atoms with Gasteiger partial charge in [-0.05, 0) is 52.0 Å². The van der Waals surface area contributed by atoms with Crippen molar-refractivity contribution in [3.63, 3.8) is 0 Å². The first-order chi connectivity index (χ1) is 10.7. The molecule has 0 saturated carbocycles. The molecule has 5 nitrogen and oxygen atoms in total. The van der Waals surface area contributed by atoms with Gasteiger partial charge in [-0.2, -0.15) is 0 Å². The summed E-state index contributed by atoms with van der Waals surface area (Å²) in [4.78, 5) is 24.6. The molecule has 1 aromatic heterocycles. The number of piperidine rings is 1. The average molecular weight is 337 g/mol. The number of nitrogens with one attached hydrogen (secondary N) is 3. The van der Waals surface area contributed by atoms with Crippen LogP contribution in [0.1, 0.15) is 56.6 Å². The molecule has 0 bridgehead atoms. The van der Waals surface area contributed by atoms with Gasteiger partial charge >= 0.3 is 0 Å². The third-order valence-electron chi connectivity index (χ3n) is 3.94. The number of thiophene rings is 1. The normalized spacial score (nSPS) is 20.0. The Morgan fingerprint density at radius 3 is 2.48 bits per heavy atom. The maximum atomic E-state index is 12.1. The summed E-state index contributed by atoms with van der Waals surface area (Å²) in [5, 5.41) is 11.4. The molecule has 1 saturated heterocycles. The van der Waals surface area contributed by atoms with Crippen molar-refractivity contribution in [1.82, 2.24) is 16.0 Å². The Hall–Kier alpha value is -1.40. The lowest BCUT2D eigenvalue weighted by Crippen LogP contribution is -2.62. The summed E-state index contributed by atoms with van der Waals surface area (Å²) in [5.74, 6) is -0.119. The van der Waals surface area contributed by atoms with Crippen molar-refractivity contribution in [2.45, 2.75) is 64.1 Å². The van der Waals surface area contributed by atoms with Gasteiger partial charge in [-0.15, -0.1) is 11.3 Å². The summed E-state index contributed by atoms with van der Waals surface area (Å²) >= 11 is 1.40. The molecule has 0 aliphatic carbocycles. The van der Waals surface area contributed by atoms with E-state index in [-0.39, 0.29) is 28.9 Å². The second-order valence-corrected chi connectivity index (χ2v) is 8.50. The molecule has 1 aliphatic rings. The number of rotatable bonds is 5. The average Bonchev–Trinajstić information content (AvgIpc) is 2.88. The van der Waals surface area contributed by atoms with Gasteiger partial charge in [0.15, 0.2) is 0 Å². The highest BCUT2D eigenvalue weighted by molar-refractivity contribution is 7.12. The van der Waals surface area contributed by atoms with Crippen LogP contribution in [0.2, 0.25) is 0 Å². The zero-order valence-corrected chi connectivity index (χ0v) is 15.2. The molecule has 2 amide bonds. The SMILES string of the molecule is CC1(C)CC(NC(=O)CCNC(=O)c2cccs2)CC(C)(C)N1. The first-order valence-electron chi connectivity index (χ1n) is 8.07. The van der Waals surface area contributed by atoms with Crippen LogP contribution in [0.25, 0.3) is 0 Å². The van der Waals surface area contributed by atoms with Gasteiger partial charge in [0.25, 0.3) is 5.91 Å². The fraction of sp³-hybridized carbons (Fsp3) is 0.647. The van der Waals surface area contributed by atoms with E-state index in [1.807, 2.05) is 11.4 Å². The van der Waals surface area contributed by atoms with Gasteiger partial charge in [0.1, 0.15) is 0 Å². The molecular weight excluding hydrogens is 310 g/mol. The molecule has 2 heterocycles. The van der Waals surface area contributed by atoms with E-state index in [0.29, 0.717) is 17.8 Å². The minimum absolute atomic E-state index is 0.00465. The minimum atomic E-state index is -0.114. The van der Waals surface area contributed by atoms with Crippen molar-refractivity contribution in [2.24, 2.45) is 0 Å². The monoisotopic (exact) mass is 337 g/mol. The fourth-order valence-electron chi connectivity index (χ4n) is 3.51. The Balaban J connectivity index is 1.75. The quantitative estimate of drug-likeness (QED) is 0.772. The molecule has 1 aromatic rings. The van der Waals surface area contributed by atoms with Crippen LogP contribution < -0.4 is 16.0 Å². The standard InChI is InChI=1S/C17H27N3O2S/c1-16(2)10-12(11-17(3,4)20-16)19-14(21)7-8-18-15(22)13-6-5-9-23-13/h5-6,9,12,20H,7-8,10-11H2,1-4H3,(H,18,22)(H,19,21). The van der Waals surface area contributed by atoms with Crippen LogP contribution in [0, 0.1) is 0 Å². The van der Waals surface area contributed by atoms with Crippen LogP contribution in [-0.2, 0) is 4.79 Å². The van der Waals surface area contributed by atoms with Crippen molar-refractivity contribution in [1.29, 1.82) is 0 Å². The molecular formula is C17H27N3O2S. The van der Waals surface area contributed by atoms with Crippen LogP contribution in [0.3, 0.4) is 0 Å². The molecule has 0 unspecified atom stereocenters. The molecule has 0 aromatic carbocycles. The van der Waals surface area contributed by atoms with E-state index in [2.05, 4.69) is 43.6 Å².